The van der Waals surface area contributed by atoms with Crippen LogP contribution in [0.25, 0.3) is 10.9 Å². The zero-order chi connectivity index (χ0) is 14.8. The summed E-state index contributed by atoms with van der Waals surface area (Å²) in [5, 5.41) is 8.67. The molecule has 3 aromatic rings. The van der Waals surface area contributed by atoms with Crippen LogP contribution in [0.2, 0.25) is 0 Å². The molecule has 4 nitrogen and oxygen atoms in total. The molecule has 0 fully saturated rings. The van der Waals surface area contributed by atoms with Gasteiger partial charge < -0.3 is 14.4 Å². The van der Waals surface area contributed by atoms with Crippen molar-refractivity contribution in [3.05, 3.63) is 53.0 Å². The number of hydrogen-bond acceptors (Lipinski definition) is 3. The molecule has 1 aromatic carbocycles. The fourth-order valence-electron chi connectivity index (χ4n) is 2.64. The van der Waals surface area contributed by atoms with E-state index in [1.807, 2.05) is 13.8 Å². The van der Waals surface area contributed by atoms with Gasteiger partial charge in [0.25, 0.3) is 0 Å². The second kappa shape index (κ2) is 5.74. The Morgan fingerprint density at radius 2 is 2.10 bits per heavy atom. The first kappa shape index (κ1) is 13.9. The standard InChI is InChI=1S/C17H21N3O/c1-4-18-10-14-5-6-15-7-8-20(17(15)9-14)11-16-12(2)19-21-13(16)3/h5-9,18H,4,10-11H2,1-3H3. The number of rotatable bonds is 5. The highest BCUT2D eigenvalue weighted by Crippen LogP contribution is 2.21. The van der Waals surface area contributed by atoms with Crippen LogP contribution in [-0.4, -0.2) is 16.3 Å². The van der Waals surface area contributed by atoms with Crippen molar-refractivity contribution < 1.29 is 4.52 Å². The molecule has 0 bridgehead atoms. The quantitative estimate of drug-likeness (QED) is 0.780. The van der Waals surface area contributed by atoms with E-state index in [0.29, 0.717) is 0 Å². The monoisotopic (exact) mass is 283 g/mol. The molecule has 0 aliphatic heterocycles. The van der Waals surface area contributed by atoms with Crippen molar-refractivity contribution >= 4 is 10.9 Å². The molecular formula is C17H21N3O. The Kier molecular flexibility index (Phi) is 3.80. The van der Waals surface area contributed by atoms with Crippen molar-refractivity contribution in [3.8, 4) is 0 Å². The van der Waals surface area contributed by atoms with E-state index >= 15 is 0 Å². The third-order valence-electron chi connectivity index (χ3n) is 3.93. The SMILES string of the molecule is CCNCc1ccc2ccn(Cc3c(C)noc3C)c2c1. The lowest BCUT2D eigenvalue weighted by Crippen LogP contribution is -2.11. The molecule has 3 rings (SSSR count). The van der Waals surface area contributed by atoms with E-state index in [1.165, 1.54) is 22.0 Å². The van der Waals surface area contributed by atoms with Gasteiger partial charge in [-0.1, -0.05) is 24.2 Å². The minimum Gasteiger partial charge on any atom is -0.361 e. The molecule has 0 atom stereocenters. The van der Waals surface area contributed by atoms with Crippen LogP contribution >= 0.6 is 0 Å². The van der Waals surface area contributed by atoms with Gasteiger partial charge in [-0.25, -0.2) is 0 Å². The second-order valence-corrected chi connectivity index (χ2v) is 5.42. The van der Waals surface area contributed by atoms with E-state index in [4.69, 9.17) is 4.52 Å². The van der Waals surface area contributed by atoms with Gasteiger partial charge in [-0.2, -0.15) is 0 Å². The number of nitrogens with one attached hydrogen (secondary N) is 1. The Morgan fingerprint density at radius 3 is 2.81 bits per heavy atom. The molecule has 0 aliphatic carbocycles. The topological polar surface area (TPSA) is 43.0 Å². The van der Waals surface area contributed by atoms with Crippen LogP contribution in [-0.2, 0) is 13.1 Å². The van der Waals surface area contributed by atoms with Crippen molar-refractivity contribution in [1.29, 1.82) is 0 Å². The zero-order valence-corrected chi connectivity index (χ0v) is 12.8. The summed E-state index contributed by atoms with van der Waals surface area (Å²) < 4.78 is 7.52. The van der Waals surface area contributed by atoms with Crippen LogP contribution < -0.4 is 5.32 Å². The van der Waals surface area contributed by atoms with Crippen molar-refractivity contribution in [2.24, 2.45) is 0 Å². The van der Waals surface area contributed by atoms with Crippen LogP contribution in [0.15, 0.2) is 35.0 Å². The summed E-state index contributed by atoms with van der Waals surface area (Å²) in [6.07, 6.45) is 2.13. The van der Waals surface area contributed by atoms with Crippen molar-refractivity contribution in [3.63, 3.8) is 0 Å². The fourth-order valence-corrected chi connectivity index (χ4v) is 2.64. The maximum atomic E-state index is 5.26. The Balaban J connectivity index is 1.95. The molecule has 1 N–H and O–H groups in total. The van der Waals surface area contributed by atoms with Gasteiger partial charge in [-0.3, -0.25) is 0 Å². The number of fused-ring (bicyclic) bond motifs is 1. The zero-order valence-electron chi connectivity index (χ0n) is 12.8. The van der Waals surface area contributed by atoms with Gasteiger partial charge in [0.1, 0.15) is 5.76 Å². The van der Waals surface area contributed by atoms with Gasteiger partial charge in [0, 0.05) is 23.8 Å². The van der Waals surface area contributed by atoms with Gasteiger partial charge in [0.2, 0.25) is 0 Å². The maximum absolute atomic E-state index is 5.26. The minimum atomic E-state index is 0.801. The second-order valence-electron chi connectivity index (χ2n) is 5.42. The minimum absolute atomic E-state index is 0.801. The molecule has 4 heteroatoms. The summed E-state index contributed by atoms with van der Waals surface area (Å²) in [5.41, 5.74) is 4.70. The number of benzene rings is 1. The summed E-state index contributed by atoms with van der Waals surface area (Å²) in [6, 6.07) is 8.79. The van der Waals surface area contributed by atoms with Crippen molar-refractivity contribution in [1.82, 2.24) is 15.0 Å². The summed E-state index contributed by atoms with van der Waals surface area (Å²) in [7, 11) is 0. The van der Waals surface area contributed by atoms with Gasteiger partial charge in [0.15, 0.2) is 0 Å². The van der Waals surface area contributed by atoms with E-state index in [2.05, 4.69) is 52.4 Å². The molecule has 2 aromatic heterocycles. The van der Waals surface area contributed by atoms with Crippen molar-refractivity contribution in [2.75, 3.05) is 6.54 Å². The van der Waals surface area contributed by atoms with Crippen LogP contribution in [0.4, 0.5) is 0 Å². The molecular weight excluding hydrogens is 262 g/mol. The average Bonchev–Trinajstić information content (AvgIpc) is 3.03. The molecule has 110 valence electrons. The van der Waals surface area contributed by atoms with Crippen LogP contribution in [0.5, 0.6) is 0 Å². The number of aryl methyl sites for hydroxylation is 2. The Morgan fingerprint density at radius 1 is 1.24 bits per heavy atom. The normalized spacial score (nSPS) is 11.4. The lowest BCUT2D eigenvalue weighted by atomic mass is 10.1. The Labute approximate surface area is 124 Å². The predicted octanol–water partition coefficient (Wildman–Crippen LogP) is 3.40. The molecule has 0 spiro atoms. The number of hydrogen-bond donors (Lipinski definition) is 1. The molecule has 0 saturated heterocycles. The van der Waals surface area contributed by atoms with Gasteiger partial charge >= 0.3 is 0 Å². The third kappa shape index (κ3) is 2.72. The third-order valence-corrected chi connectivity index (χ3v) is 3.93. The predicted molar refractivity (Wildman–Crippen MR) is 84.4 cm³/mol. The van der Waals surface area contributed by atoms with Gasteiger partial charge in [0.05, 0.1) is 12.2 Å². The van der Waals surface area contributed by atoms with E-state index in [-0.39, 0.29) is 0 Å². The molecule has 0 unspecified atom stereocenters. The molecule has 0 aliphatic rings. The van der Waals surface area contributed by atoms with Gasteiger partial charge in [-0.15, -0.1) is 0 Å². The van der Waals surface area contributed by atoms with Crippen LogP contribution in [0.1, 0.15) is 29.5 Å². The first-order chi connectivity index (χ1) is 10.2. The number of aromatic nitrogens is 2. The van der Waals surface area contributed by atoms with E-state index in [0.717, 1.165) is 31.1 Å². The largest absolute Gasteiger partial charge is 0.361 e. The first-order valence-electron chi connectivity index (χ1n) is 7.39. The molecule has 0 saturated carbocycles. The molecule has 21 heavy (non-hydrogen) atoms. The van der Waals surface area contributed by atoms with E-state index in [9.17, 15) is 0 Å². The number of nitrogens with zero attached hydrogens (tertiary/aromatic N) is 2. The Hall–Kier alpha value is -2.07. The van der Waals surface area contributed by atoms with Crippen molar-refractivity contribution in [2.45, 2.75) is 33.9 Å². The highest BCUT2D eigenvalue weighted by Gasteiger charge is 2.11. The van der Waals surface area contributed by atoms with Gasteiger partial charge in [-0.05, 0) is 43.5 Å². The summed E-state index contributed by atoms with van der Waals surface area (Å²) in [5.74, 6) is 0.901. The fraction of sp³-hybridized carbons (Fsp3) is 0.353. The van der Waals surface area contributed by atoms with E-state index < -0.39 is 0 Å². The first-order valence-corrected chi connectivity index (χ1v) is 7.39. The molecule has 0 radical (unpaired) electrons. The highest BCUT2D eigenvalue weighted by molar-refractivity contribution is 5.81. The molecule has 2 heterocycles. The van der Waals surface area contributed by atoms with Crippen LogP contribution in [0, 0.1) is 13.8 Å². The molecule has 0 amide bonds. The smallest absolute Gasteiger partial charge is 0.138 e. The summed E-state index contributed by atoms with van der Waals surface area (Å²) in [4.78, 5) is 0. The van der Waals surface area contributed by atoms with Crippen LogP contribution in [0.3, 0.4) is 0 Å². The lowest BCUT2D eigenvalue weighted by Gasteiger charge is -2.07. The average molecular weight is 283 g/mol. The lowest BCUT2D eigenvalue weighted by molar-refractivity contribution is 0.392. The Bertz CT molecular complexity index is 735. The summed E-state index contributed by atoms with van der Waals surface area (Å²) in [6.45, 7) is 8.78. The summed E-state index contributed by atoms with van der Waals surface area (Å²) >= 11 is 0. The highest BCUT2D eigenvalue weighted by atomic mass is 16.5. The maximum Gasteiger partial charge on any atom is 0.138 e. The van der Waals surface area contributed by atoms with E-state index in [1.54, 1.807) is 0 Å².